The largest absolute Gasteiger partial charge is 0.276 e. The molecule has 0 N–H and O–H groups in total. The van der Waals surface area contributed by atoms with Crippen molar-refractivity contribution >= 4 is 38.4 Å². The Hall–Kier alpha value is -1.86. The zero-order chi connectivity index (χ0) is 11.8. The van der Waals surface area contributed by atoms with E-state index >= 15 is 0 Å². The molecule has 0 spiro atoms. The van der Waals surface area contributed by atoms with Gasteiger partial charge in [0.1, 0.15) is 0 Å². The summed E-state index contributed by atoms with van der Waals surface area (Å²) in [7, 11) is 0. The van der Waals surface area contributed by atoms with Crippen molar-refractivity contribution in [2.24, 2.45) is 0 Å². The normalized spacial score (nSPS) is 10.9. The first-order valence-electron chi connectivity index (χ1n) is 5.38. The summed E-state index contributed by atoms with van der Waals surface area (Å²) in [5.41, 5.74) is 0.570. The molecule has 0 saturated heterocycles. The third-order valence-corrected chi connectivity index (χ3v) is 3.18. The molecule has 0 aromatic heterocycles. The van der Waals surface area contributed by atoms with E-state index in [4.69, 9.17) is 11.6 Å². The van der Waals surface area contributed by atoms with Crippen molar-refractivity contribution in [2.45, 2.75) is 0 Å². The number of benzene rings is 3. The fourth-order valence-corrected chi connectivity index (χ4v) is 2.38. The molecule has 0 fully saturated rings. The van der Waals surface area contributed by atoms with E-state index in [1.165, 1.54) is 0 Å². The molecule has 0 unspecified atom stereocenters. The van der Waals surface area contributed by atoms with Crippen molar-refractivity contribution in [2.75, 3.05) is 0 Å². The van der Waals surface area contributed by atoms with Crippen LogP contribution in [0.5, 0.6) is 0 Å². The summed E-state index contributed by atoms with van der Waals surface area (Å²) in [4.78, 5) is 11.5. The maximum absolute atomic E-state index is 11.5. The minimum atomic E-state index is -0.410. The molecule has 3 aromatic rings. The number of fused-ring (bicyclic) bond motifs is 3. The van der Waals surface area contributed by atoms with Gasteiger partial charge in [-0.3, -0.25) is 4.79 Å². The van der Waals surface area contributed by atoms with Crippen molar-refractivity contribution in [3.05, 3.63) is 60.2 Å². The fraction of sp³-hybridized carbons (Fsp3) is 0. The van der Waals surface area contributed by atoms with Gasteiger partial charge in [-0.15, -0.1) is 0 Å². The molecule has 17 heavy (non-hydrogen) atoms. The van der Waals surface area contributed by atoms with Crippen molar-refractivity contribution in [1.29, 1.82) is 0 Å². The summed E-state index contributed by atoms with van der Waals surface area (Å²) in [6.07, 6.45) is 0. The van der Waals surface area contributed by atoms with Gasteiger partial charge in [0.15, 0.2) is 0 Å². The maximum atomic E-state index is 11.5. The molecule has 2 heteroatoms. The summed E-state index contributed by atoms with van der Waals surface area (Å²) >= 11 is 5.64. The molecule has 0 radical (unpaired) electrons. The molecule has 0 aliphatic carbocycles. The lowest BCUT2D eigenvalue weighted by molar-refractivity contribution is 0.108. The van der Waals surface area contributed by atoms with E-state index < -0.39 is 5.24 Å². The smallest absolute Gasteiger partial charge is 0.253 e. The van der Waals surface area contributed by atoms with E-state index in [9.17, 15) is 4.79 Å². The Kier molecular flexibility index (Phi) is 2.34. The second-order valence-corrected chi connectivity index (χ2v) is 4.31. The van der Waals surface area contributed by atoms with E-state index in [2.05, 4.69) is 6.07 Å². The molecule has 0 amide bonds. The first-order valence-corrected chi connectivity index (χ1v) is 5.75. The van der Waals surface area contributed by atoms with Gasteiger partial charge in [-0.2, -0.15) is 0 Å². The summed E-state index contributed by atoms with van der Waals surface area (Å²) in [6.45, 7) is 0. The quantitative estimate of drug-likeness (QED) is 0.456. The number of hydrogen-bond donors (Lipinski definition) is 0. The van der Waals surface area contributed by atoms with E-state index in [-0.39, 0.29) is 0 Å². The molecule has 1 nitrogen and oxygen atoms in total. The summed E-state index contributed by atoms with van der Waals surface area (Å²) in [5.74, 6) is 0. The van der Waals surface area contributed by atoms with Gasteiger partial charge < -0.3 is 0 Å². The van der Waals surface area contributed by atoms with Crippen LogP contribution in [-0.4, -0.2) is 5.24 Å². The lowest BCUT2D eigenvalue weighted by Crippen LogP contribution is -1.91. The number of carbonyl (C=O) groups is 1. The standard InChI is InChI=1S/C15H9ClO/c16-15(17)13-7-3-5-11-9-8-10-4-1-2-6-12(10)14(11)13/h1-9H. The van der Waals surface area contributed by atoms with Gasteiger partial charge in [-0.25, -0.2) is 0 Å². The number of carbonyl (C=O) groups excluding carboxylic acids is 1. The molecule has 0 heterocycles. The number of hydrogen-bond acceptors (Lipinski definition) is 1. The topological polar surface area (TPSA) is 17.1 Å². The lowest BCUT2D eigenvalue weighted by Gasteiger charge is -2.06. The van der Waals surface area contributed by atoms with Crippen molar-refractivity contribution in [1.82, 2.24) is 0 Å². The van der Waals surface area contributed by atoms with Gasteiger partial charge in [0.25, 0.3) is 5.24 Å². The van der Waals surface area contributed by atoms with Crippen LogP contribution in [0.2, 0.25) is 0 Å². The SMILES string of the molecule is O=C(Cl)c1cccc2ccc3ccccc3c12. The minimum Gasteiger partial charge on any atom is -0.276 e. The predicted octanol–water partition coefficient (Wildman–Crippen LogP) is 4.37. The monoisotopic (exact) mass is 240 g/mol. The summed E-state index contributed by atoms with van der Waals surface area (Å²) in [5, 5.41) is 3.74. The highest BCUT2D eigenvalue weighted by molar-refractivity contribution is 6.69. The Balaban J connectivity index is 2.59. The van der Waals surface area contributed by atoms with Gasteiger partial charge >= 0.3 is 0 Å². The van der Waals surface area contributed by atoms with Gasteiger partial charge in [0, 0.05) is 10.9 Å². The van der Waals surface area contributed by atoms with Crippen LogP contribution in [0.3, 0.4) is 0 Å². The molecular formula is C15H9ClO. The van der Waals surface area contributed by atoms with Crippen molar-refractivity contribution in [3.8, 4) is 0 Å². The van der Waals surface area contributed by atoms with Gasteiger partial charge in [0.05, 0.1) is 0 Å². The Morgan fingerprint density at radius 2 is 1.53 bits per heavy atom. The van der Waals surface area contributed by atoms with Crippen LogP contribution in [0.1, 0.15) is 10.4 Å². The fourth-order valence-electron chi connectivity index (χ4n) is 2.22. The highest BCUT2D eigenvalue weighted by Gasteiger charge is 2.09. The lowest BCUT2D eigenvalue weighted by atomic mass is 9.98. The molecular weight excluding hydrogens is 232 g/mol. The zero-order valence-electron chi connectivity index (χ0n) is 8.98. The van der Waals surface area contributed by atoms with Crippen LogP contribution >= 0.6 is 11.6 Å². The second-order valence-electron chi connectivity index (χ2n) is 3.96. The summed E-state index contributed by atoms with van der Waals surface area (Å²) < 4.78 is 0. The molecule has 82 valence electrons. The highest BCUT2D eigenvalue weighted by Crippen LogP contribution is 2.28. The van der Waals surface area contributed by atoms with Crippen molar-refractivity contribution in [3.63, 3.8) is 0 Å². The zero-order valence-corrected chi connectivity index (χ0v) is 9.74. The predicted molar refractivity (Wildman–Crippen MR) is 71.6 cm³/mol. The Bertz CT molecular complexity index is 731. The van der Waals surface area contributed by atoms with E-state index in [0.29, 0.717) is 5.56 Å². The first-order chi connectivity index (χ1) is 8.27. The van der Waals surface area contributed by atoms with Crippen LogP contribution in [0.4, 0.5) is 0 Å². The maximum Gasteiger partial charge on any atom is 0.253 e. The van der Waals surface area contributed by atoms with Crippen LogP contribution < -0.4 is 0 Å². The van der Waals surface area contributed by atoms with E-state index in [1.807, 2.05) is 42.5 Å². The number of rotatable bonds is 1. The van der Waals surface area contributed by atoms with Gasteiger partial charge in [0.2, 0.25) is 0 Å². The van der Waals surface area contributed by atoms with Gasteiger partial charge in [-0.1, -0.05) is 48.5 Å². The Labute approximate surface area is 104 Å². The van der Waals surface area contributed by atoms with E-state index in [1.54, 1.807) is 6.07 Å². The molecule has 3 aromatic carbocycles. The molecule has 0 atom stereocenters. The third kappa shape index (κ3) is 1.60. The average Bonchev–Trinajstić information content (AvgIpc) is 2.37. The van der Waals surface area contributed by atoms with Crippen LogP contribution in [0, 0.1) is 0 Å². The van der Waals surface area contributed by atoms with Crippen LogP contribution in [0.25, 0.3) is 21.5 Å². The van der Waals surface area contributed by atoms with Crippen molar-refractivity contribution < 1.29 is 4.79 Å². The average molecular weight is 241 g/mol. The molecule has 0 bridgehead atoms. The number of halogens is 1. The summed E-state index contributed by atoms with van der Waals surface area (Å²) in [6, 6.07) is 17.7. The van der Waals surface area contributed by atoms with Gasteiger partial charge in [-0.05, 0) is 33.8 Å². The second kappa shape index (κ2) is 3.86. The molecule has 3 rings (SSSR count). The molecule has 0 aliphatic rings. The first kappa shape index (κ1) is 10.3. The van der Waals surface area contributed by atoms with Crippen LogP contribution in [0.15, 0.2) is 54.6 Å². The van der Waals surface area contributed by atoms with E-state index in [0.717, 1.165) is 21.5 Å². The van der Waals surface area contributed by atoms with Crippen LogP contribution in [-0.2, 0) is 0 Å². The highest BCUT2D eigenvalue weighted by atomic mass is 35.5. The Morgan fingerprint density at radius 3 is 2.35 bits per heavy atom. The Morgan fingerprint density at radius 1 is 0.824 bits per heavy atom. The molecule has 0 aliphatic heterocycles. The molecule has 0 saturated carbocycles. The third-order valence-electron chi connectivity index (χ3n) is 2.98. The minimum absolute atomic E-state index is 0.410.